The zero-order chi connectivity index (χ0) is 18.9. The highest BCUT2D eigenvalue weighted by atomic mass is 32.2. The van der Waals surface area contributed by atoms with E-state index in [9.17, 15) is 8.42 Å². The van der Waals surface area contributed by atoms with Crippen LogP contribution in [0.1, 0.15) is 13.3 Å². The Kier molecular flexibility index (Phi) is 4.72. The molecule has 0 atom stereocenters. The summed E-state index contributed by atoms with van der Waals surface area (Å²) in [6.45, 7) is 2.61. The minimum absolute atomic E-state index is 0.209. The lowest BCUT2D eigenvalue weighted by Crippen LogP contribution is -2.13. The molecule has 0 saturated heterocycles. The van der Waals surface area contributed by atoms with Gasteiger partial charge in [-0.25, -0.2) is 13.4 Å². The number of fused-ring (bicyclic) bond motifs is 2. The second-order valence-corrected chi connectivity index (χ2v) is 8.73. The van der Waals surface area contributed by atoms with Crippen molar-refractivity contribution in [3.05, 3.63) is 60.7 Å². The molecule has 3 aromatic carbocycles. The van der Waals surface area contributed by atoms with Crippen LogP contribution in [0.4, 0.5) is 5.13 Å². The lowest BCUT2D eigenvalue weighted by molar-refractivity contribution is 0.321. The van der Waals surface area contributed by atoms with E-state index in [0.29, 0.717) is 22.9 Å². The Morgan fingerprint density at radius 1 is 1.00 bits per heavy atom. The van der Waals surface area contributed by atoms with Crippen molar-refractivity contribution in [2.75, 3.05) is 11.3 Å². The molecule has 1 N–H and O–H groups in total. The molecule has 0 amide bonds. The first-order valence-electron chi connectivity index (χ1n) is 8.61. The van der Waals surface area contributed by atoms with Crippen molar-refractivity contribution in [2.45, 2.75) is 18.2 Å². The van der Waals surface area contributed by atoms with E-state index >= 15 is 0 Å². The summed E-state index contributed by atoms with van der Waals surface area (Å²) in [6.07, 6.45) is 0.882. The van der Waals surface area contributed by atoms with E-state index in [1.54, 1.807) is 18.2 Å². The van der Waals surface area contributed by atoms with Crippen molar-refractivity contribution in [1.29, 1.82) is 0 Å². The third-order valence-electron chi connectivity index (χ3n) is 4.11. The van der Waals surface area contributed by atoms with Crippen LogP contribution >= 0.6 is 11.3 Å². The average Bonchev–Trinajstić information content (AvgIpc) is 3.07. The largest absolute Gasteiger partial charge is 0.493 e. The topological polar surface area (TPSA) is 68.3 Å². The summed E-state index contributed by atoms with van der Waals surface area (Å²) in [6, 6.07) is 18.2. The van der Waals surface area contributed by atoms with Crippen LogP contribution in [0.5, 0.6) is 5.75 Å². The van der Waals surface area contributed by atoms with Crippen molar-refractivity contribution in [3.8, 4) is 5.75 Å². The molecule has 1 heterocycles. The third-order valence-corrected chi connectivity index (χ3v) is 6.59. The van der Waals surface area contributed by atoms with Crippen LogP contribution in [0.2, 0.25) is 0 Å². The van der Waals surface area contributed by atoms with Gasteiger partial charge >= 0.3 is 0 Å². The molecule has 1 aromatic heterocycles. The van der Waals surface area contributed by atoms with E-state index in [0.717, 1.165) is 22.0 Å². The van der Waals surface area contributed by atoms with Gasteiger partial charge in [-0.1, -0.05) is 54.7 Å². The van der Waals surface area contributed by atoms with Crippen LogP contribution in [-0.4, -0.2) is 20.0 Å². The van der Waals surface area contributed by atoms with Gasteiger partial charge in [-0.15, -0.1) is 0 Å². The maximum absolute atomic E-state index is 13.0. The second kappa shape index (κ2) is 7.17. The Labute approximate surface area is 161 Å². The molecule has 4 aromatic rings. The quantitative estimate of drug-likeness (QED) is 0.494. The fourth-order valence-corrected chi connectivity index (χ4v) is 5.21. The molecule has 7 heteroatoms. The predicted octanol–water partition coefficient (Wildman–Crippen LogP) is 5.04. The lowest BCUT2D eigenvalue weighted by Gasteiger charge is -2.12. The zero-order valence-electron chi connectivity index (χ0n) is 14.7. The van der Waals surface area contributed by atoms with Gasteiger partial charge in [0.1, 0.15) is 5.75 Å². The highest BCUT2D eigenvalue weighted by molar-refractivity contribution is 7.93. The first-order valence-corrected chi connectivity index (χ1v) is 10.9. The van der Waals surface area contributed by atoms with Crippen LogP contribution in [0.3, 0.4) is 0 Å². The molecule has 0 unspecified atom stereocenters. The molecular formula is C20H18N2O3S2. The number of nitrogens with zero attached hydrogens (tertiary/aromatic N) is 1. The van der Waals surface area contributed by atoms with Gasteiger partial charge < -0.3 is 4.74 Å². The number of hydrogen-bond donors (Lipinski definition) is 1. The van der Waals surface area contributed by atoms with Gasteiger partial charge in [-0.3, -0.25) is 4.72 Å². The number of hydrogen-bond acceptors (Lipinski definition) is 5. The number of thiazole rings is 1. The number of rotatable bonds is 6. The maximum atomic E-state index is 13.0. The van der Waals surface area contributed by atoms with Crippen LogP contribution in [-0.2, 0) is 10.0 Å². The summed E-state index contributed by atoms with van der Waals surface area (Å²) in [7, 11) is -3.78. The Morgan fingerprint density at radius 2 is 1.74 bits per heavy atom. The molecule has 0 fully saturated rings. The van der Waals surface area contributed by atoms with Crippen LogP contribution < -0.4 is 9.46 Å². The number of sulfonamides is 1. The normalized spacial score (nSPS) is 11.7. The molecule has 138 valence electrons. The average molecular weight is 399 g/mol. The summed E-state index contributed by atoms with van der Waals surface area (Å²) in [4.78, 5) is 4.57. The molecule has 0 radical (unpaired) electrons. The second-order valence-electron chi connectivity index (χ2n) is 6.05. The van der Waals surface area contributed by atoms with E-state index in [4.69, 9.17) is 4.74 Å². The highest BCUT2D eigenvalue weighted by Gasteiger charge is 2.20. The number of ether oxygens (including phenoxy) is 1. The summed E-state index contributed by atoms with van der Waals surface area (Å²) in [5, 5.41) is 1.75. The maximum Gasteiger partial charge on any atom is 0.264 e. The molecule has 0 saturated carbocycles. The number of nitrogens with one attached hydrogen (secondary N) is 1. The highest BCUT2D eigenvalue weighted by Crippen LogP contribution is 2.33. The number of para-hydroxylation sites is 1. The fraction of sp³-hybridized carbons (Fsp3) is 0.150. The lowest BCUT2D eigenvalue weighted by atomic mass is 10.1. The zero-order valence-corrected chi connectivity index (χ0v) is 16.3. The van der Waals surface area contributed by atoms with Crippen LogP contribution in [0.25, 0.3) is 21.0 Å². The van der Waals surface area contributed by atoms with Gasteiger partial charge in [-0.2, -0.15) is 0 Å². The fourth-order valence-electron chi connectivity index (χ4n) is 2.90. The van der Waals surface area contributed by atoms with E-state index < -0.39 is 10.0 Å². The molecule has 0 spiro atoms. The first kappa shape index (κ1) is 17.8. The Bertz CT molecular complexity index is 1180. The van der Waals surface area contributed by atoms with Crippen molar-refractivity contribution in [2.24, 2.45) is 0 Å². The molecule has 4 rings (SSSR count). The Balaban J connectivity index is 1.76. The minimum Gasteiger partial charge on any atom is -0.493 e. The molecule has 27 heavy (non-hydrogen) atoms. The van der Waals surface area contributed by atoms with Crippen molar-refractivity contribution >= 4 is 47.5 Å². The SMILES string of the molecule is CCCOc1ccc(S(=O)(=O)Nc2nc3ccccc3s2)c2ccccc12. The minimum atomic E-state index is -3.78. The molecule has 0 aliphatic carbocycles. The summed E-state index contributed by atoms with van der Waals surface area (Å²) in [5.74, 6) is 0.686. The van der Waals surface area contributed by atoms with Gasteiger partial charge in [0, 0.05) is 10.8 Å². The summed E-state index contributed by atoms with van der Waals surface area (Å²) in [5.41, 5.74) is 0.772. The molecular weight excluding hydrogens is 380 g/mol. The van der Waals surface area contributed by atoms with Gasteiger partial charge in [0.05, 0.1) is 21.7 Å². The van der Waals surface area contributed by atoms with Crippen molar-refractivity contribution in [3.63, 3.8) is 0 Å². The van der Waals surface area contributed by atoms with Gasteiger partial charge in [0.2, 0.25) is 0 Å². The Morgan fingerprint density at radius 3 is 2.52 bits per heavy atom. The van der Waals surface area contributed by atoms with Gasteiger partial charge in [-0.05, 0) is 30.7 Å². The molecule has 0 aliphatic heterocycles. The van der Waals surface area contributed by atoms with E-state index in [1.807, 2.05) is 49.4 Å². The van der Waals surface area contributed by atoms with Crippen LogP contribution in [0.15, 0.2) is 65.6 Å². The van der Waals surface area contributed by atoms with Gasteiger partial charge in [0.15, 0.2) is 5.13 Å². The summed E-state index contributed by atoms with van der Waals surface area (Å²) < 4.78 is 35.4. The van der Waals surface area contributed by atoms with Crippen molar-refractivity contribution in [1.82, 2.24) is 4.98 Å². The number of aromatic nitrogens is 1. The van der Waals surface area contributed by atoms with E-state index in [1.165, 1.54) is 11.3 Å². The molecule has 0 aliphatic rings. The first-order chi connectivity index (χ1) is 13.1. The standard InChI is InChI=1S/C20H18N2O3S2/c1-2-13-25-17-11-12-19(15-8-4-3-7-14(15)17)27(23,24)22-20-21-16-9-5-6-10-18(16)26-20/h3-12H,2,13H2,1H3,(H,21,22). The molecule has 0 bridgehead atoms. The number of benzene rings is 3. The third kappa shape index (κ3) is 3.48. The van der Waals surface area contributed by atoms with Gasteiger partial charge in [0.25, 0.3) is 10.0 Å². The smallest absolute Gasteiger partial charge is 0.264 e. The number of anilines is 1. The van der Waals surface area contributed by atoms with E-state index in [-0.39, 0.29) is 4.90 Å². The van der Waals surface area contributed by atoms with E-state index in [2.05, 4.69) is 9.71 Å². The summed E-state index contributed by atoms with van der Waals surface area (Å²) >= 11 is 1.31. The monoisotopic (exact) mass is 398 g/mol. The van der Waals surface area contributed by atoms with Crippen molar-refractivity contribution < 1.29 is 13.2 Å². The Hall–Kier alpha value is -2.64. The predicted molar refractivity (Wildman–Crippen MR) is 110 cm³/mol. The molecule has 5 nitrogen and oxygen atoms in total. The van der Waals surface area contributed by atoms with Crippen LogP contribution in [0, 0.1) is 0 Å².